The summed E-state index contributed by atoms with van der Waals surface area (Å²) >= 11 is 0. The molecule has 1 atom stereocenters. The summed E-state index contributed by atoms with van der Waals surface area (Å²) in [6, 6.07) is -0.160. The molecule has 0 amide bonds. The van der Waals surface area contributed by atoms with Gasteiger partial charge in [0.2, 0.25) is 0 Å². The van der Waals surface area contributed by atoms with E-state index in [1.807, 2.05) is 0 Å². The van der Waals surface area contributed by atoms with E-state index in [0.717, 1.165) is 0 Å². The van der Waals surface area contributed by atoms with Crippen molar-refractivity contribution in [3.8, 4) is 0 Å². The monoisotopic (exact) mass is 165 g/mol. The van der Waals surface area contributed by atoms with Gasteiger partial charge >= 0.3 is 0 Å². The second kappa shape index (κ2) is 4.41. The van der Waals surface area contributed by atoms with E-state index in [1.54, 1.807) is 6.92 Å². The van der Waals surface area contributed by atoms with Crippen LogP contribution >= 0.6 is 0 Å². The lowest BCUT2D eigenvalue weighted by molar-refractivity contribution is -0.0482. The van der Waals surface area contributed by atoms with Crippen LogP contribution in [-0.2, 0) is 0 Å². The first-order valence-corrected chi connectivity index (χ1v) is 3.36. The van der Waals surface area contributed by atoms with E-state index < -0.39 is 19.1 Å². The van der Waals surface area contributed by atoms with Gasteiger partial charge in [0.25, 0.3) is 5.92 Å². The first-order chi connectivity index (χ1) is 5.02. The summed E-state index contributed by atoms with van der Waals surface area (Å²) in [6.07, 6.45) is 1.52. The Bertz CT molecular complexity index is 128. The molecule has 2 N–H and O–H groups in total. The highest BCUT2D eigenvalue weighted by atomic mass is 19.3. The summed E-state index contributed by atoms with van der Waals surface area (Å²) in [4.78, 5) is 0. The van der Waals surface area contributed by atoms with Gasteiger partial charge in [0.15, 0.2) is 0 Å². The van der Waals surface area contributed by atoms with Gasteiger partial charge < -0.3 is 10.4 Å². The second-order valence-electron chi connectivity index (χ2n) is 2.42. The number of halogens is 2. The molecule has 0 aromatic carbocycles. The van der Waals surface area contributed by atoms with Crippen molar-refractivity contribution < 1.29 is 13.9 Å². The molecule has 0 heterocycles. The number of aliphatic hydroxyl groups is 1. The van der Waals surface area contributed by atoms with Gasteiger partial charge in [-0.3, -0.25) is 0 Å². The van der Waals surface area contributed by atoms with Gasteiger partial charge in [-0.05, 0) is 6.92 Å². The Morgan fingerprint density at radius 2 is 2.27 bits per heavy atom. The lowest BCUT2D eigenvalue weighted by atomic mass is 10.3. The molecule has 0 aromatic heterocycles. The number of hydrogen-bond acceptors (Lipinski definition) is 2. The third-order valence-electron chi connectivity index (χ3n) is 1.27. The predicted octanol–water partition coefficient (Wildman–Crippen LogP) is 0.778. The van der Waals surface area contributed by atoms with Crippen LogP contribution in [0.25, 0.3) is 0 Å². The standard InChI is InChI=1S/C7H13F2NO/c1-3-6(2)10-4-7(8,9)5-11/h3,6,10-11H,1,4-5H2,2H3. The molecule has 0 rings (SSSR count). The molecule has 1 unspecified atom stereocenters. The van der Waals surface area contributed by atoms with E-state index in [-0.39, 0.29) is 6.04 Å². The van der Waals surface area contributed by atoms with Crippen LogP contribution in [0.5, 0.6) is 0 Å². The molecular formula is C7H13F2NO. The number of rotatable bonds is 5. The maximum Gasteiger partial charge on any atom is 0.282 e. The summed E-state index contributed by atoms with van der Waals surface area (Å²) in [5, 5.41) is 10.7. The number of nitrogens with one attached hydrogen (secondary N) is 1. The Kier molecular flexibility index (Phi) is 4.22. The molecule has 0 aromatic rings. The summed E-state index contributed by atoms with van der Waals surface area (Å²) in [7, 11) is 0. The molecule has 4 heteroatoms. The molecule has 0 radical (unpaired) electrons. The van der Waals surface area contributed by atoms with E-state index in [2.05, 4.69) is 11.9 Å². The van der Waals surface area contributed by atoms with Crippen molar-refractivity contribution in [1.29, 1.82) is 0 Å². The molecule has 0 aliphatic carbocycles. The molecule has 2 nitrogen and oxygen atoms in total. The first kappa shape index (κ1) is 10.5. The molecule has 0 spiro atoms. The Hall–Kier alpha value is -0.480. The highest BCUT2D eigenvalue weighted by Gasteiger charge is 2.27. The quantitative estimate of drug-likeness (QED) is 0.590. The normalized spacial score (nSPS) is 14.5. The van der Waals surface area contributed by atoms with E-state index >= 15 is 0 Å². The van der Waals surface area contributed by atoms with Crippen LogP contribution in [0, 0.1) is 0 Å². The third kappa shape index (κ3) is 4.86. The maximum absolute atomic E-state index is 12.3. The van der Waals surface area contributed by atoms with Gasteiger partial charge in [0.1, 0.15) is 6.61 Å². The molecule has 0 aliphatic rings. The van der Waals surface area contributed by atoms with Crippen LogP contribution in [0.4, 0.5) is 8.78 Å². The fourth-order valence-corrected chi connectivity index (χ4v) is 0.450. The Balaban J connectivity index is 3.60. The molecule has 0 saturated heterocycles. The highest BCUT2D eigenvalue weighted by molar-refractivity contribution is 4.83. The minimum atomic E-state index is -3.03. The second-order valence-corrected chi connectivity index (χ2v) is 2.42. The van der Waals surface area contributed by atoms with Gasteiger partial charge in [0.05, 0.1) is 6.54 Å². The maximum atomic E-state index is 12.3. The van der Waals surface area contributed by atoms with Gasteiger partial charge in [-0.25, -0.2) is 8.78 Å². The fourth-order valence-electron chi connectivity index (χ4n) is 0.450. The number of hydrogen-bond donors (Lipinski definition) is 2. The van der Waals surface area contributed by atoms with Gasteiger partial charge in [-0.15, -0.1) is 6.58 Å². The molecule has 66 valence electrons. The zero-order valence-corrected chi connectivity index (χ0v) is 6.48. The Morgan fingerprint density at radius 1 is 1.73 bits per heavy atom. The van der Waals surface area contributed by atoms with Crippen molar-refractivity contribution in [3.05, 3.63) is 12.7 Å². The molecule has 0 bridgehead atoms. The van der Waals surface area contributed by atoms with Crippen LogP contribution in [0.2, 0.25) is 0 Å². The summed E-state index contributed by atoms with van der Waals surface area (Å²) in [5.74, 6) is -3.03. The molecular weight excluding hydrogens is 152 g/mol. The Morgan fingerprint density at radius 3 is 2.64 bits per heavy atom. The minimum absolute atomic E-state index is 0.160. The summed E-state index contributed by atoms with van der Waals surface area (Å²) < 4.78 is 24.6. The van der Waals surface area contributed by atoms with E-state index in [1.165, 1.54) is 6.08 Å². The lowest BCUT2D eigenvalue weighted by Crippen LogP contribution is -2.39. The zero-order chi connectivity index (χ0) is 8.91. The number of aliphatic hydroxyl groups excluding tert-OH is 1. The average molecular weight is 165 g/mol. The van der Waals surface area contributed by atoms with Crippen LogP contribution in [0.3, 0.4) is 0 Å². The summed E-state index contributed by atoms with van der Waals surface area (Å²) in [5.41, 5.74) is 0. The van der Waals surface area contributed by atoms with Crippen LogP contribution in [0.15, 0.2) is 12.7 Å². The molecule has 0 fully saturated rings. The van der Waals surface area contributed by atoms with Crippen LogP contribution in [-0.4, -0.2) is 30.2 Å². The topological polar surface area (TPSA) is 32.3 Å². The first-order valence-electron chi connectivity index (χ1n) is 3.36. The van der Waals surface area contributed by atoms with E-state index in [9.17, 15) is 8.78 Å². The van der Waals surface area contributed by atoms with E-state index in [4.69, 9.17) is 5.11 Å². The minimum Gasteiger partial charge on any atom is -0.390 e. The Labute approximate surface area is 64.9 Å². The van der Waals surface area contributed by atoms with Crippen molar-refractivity contribution >= 4 is 0 Å². The van der Waals surface area contributed by atoms with Crippen LogP contribution < -0.4 is 5.32 Å². The van der Waals surface area contributed by atoms with Crippen molar-refractivity contribution in [2.45, 2.75) is 18.9 Å². The SMILES string of the molecule is C=CC(C)NCC(F)(F)CO. The highest BCUT2D eigenvalue weighted by Crippen LogP contribution is 2.09. The lowest BCUT2D eigenvalue weighted by Gasteiger charge is -2.16. The predicted molar refractivity (Wildman–Crippen MR) is 39.7 cm³/mol. The molecule has 0 saturated carbocycles. The van der Waals surface area contributed by atoms with Crippen molar-refractivity contribution in [2.75, 3.05) is 13.2 Å². The largest absolute Gasteiger partial charge is 0.390 e. The average Bonchev–Trinajstić information content (AvgIpc) is 2.00. The molecule has 0 aliphatic heterocycles. The van der Waals surface area contributed by atoms with Crippen molar-refractivity contribution in [3.63, 3.8) is 0 Å². The summed E-state index contributed by atoms with van der Waals surface area (Å²) in [6.45, 7) is 3.49. The van der Waals surface area contributed by atoms with Crippen molar-refractivity contribution in [1.82, 2.24) is 5.32 Å². The smallest absolute Gasteiger partial charge is 0.282 e. The third-order valence-corrected chi connectivity index (χ3v) is 1.27. The van der Waals surface area contributed by atoms with Crippen molar-refractivity contribution in [2.24, 2.45) is 0 Å². The number of alkyl halides is 2. The molecule has 11 heavy (non-hydrogen) atoms. The zero-order valence-electron chi connectivity index (χ0n) is 6.48. The van der Waals surface area contributed by atoms with E-state index in [0.29, 0.717) is 0 Å². The van der Waals surface area contributed by atoms with Gasteiger partial charge in [-0.1, -0.05) is 6.08 Å². The van der Waals surface area contributed by atoms with Gasteiger partial charge in [-0.2, -0.15) is 0 Å². The fraction of sp³-hybridized carbons (Fsp3) is 0.714. The van der Waals surface area contributed by atoms with Crippen LogP contribution in [0.1, 0.15) is 6.92 Å². The van der Waals surface area contributed by atoms with Gasteiger partial charge in [0, 0.05) is 6.04 Å².